The number of sulfonamides is 1. The van der Waals surface area contributed by atoms with Crippen LogP contribution >= 0.6 is 0 Å². The molecule has 3 atom stereocenters. The molecule has 9 heteroatoms. The van der Waals surface area contributed by atoms with Gasteiger partial charge in [0.15, 0.2) is 0 Å². The molecule has 1 aliphatic carbocycles. The van der Waals surface area contributed by atoms with Crippen molar-refractivity contribution in [3.63, 3.8) is 0 Å². The number of carbonyl (C=O) groups excluding carboxylic acids is 1. The summed E-state index contributed by atoms with van der Waals surface area (Å²) in [6.07, 6.45) is 3.55. The Labute approximate surface area is 185 Å². The lowest BCUT2D eigenvalue weighted by atomic mass is 10.0. The van der Waals surface area contributed by atoms with Gasteiger partial charge in [0.25, 0.3) is 5.91 Å². The van der Waals surface area contributed by atoms with E-state index in [0.29, 0.717) is 30.2 Å². The average molecular weight is 454 g/mol. The molecule has 1 aromatic rings. The van der Waals surface area contributed by atoms with Crippen LogP contribution in [-0.2, 0) is 14.8 Å². The fraction of sp³-hybridized carbons (Fsp3) is 0.682. The van der Waals surface area contributed by atoms with Gasteiger partial charge in [0.05, 0.1) is 23.6 Å². The zero-order chi connectivity index (χ0) is 22.8. The number of anilines is 1. The smallest absolute Gasteiger partial charge is 0.257 e. The largest absolute Gasteiger partial charge is 0.491 e. The molecule has 3 rings (SSSR count). The number of nitrogens with one attached hydrogen (secondary N) is 1. The van der Waals surface area contributed by atoms with Gasteiger partial charge in [0.1, 0.15) is 12.4 Å². The van der Waals surface area contributed by atoms with Gasteiger partial charge < -0.3 is 14.4 Å². The normalized spacial score (nSPS) is 26.4. The van der Waals surface area contributed by atoms with Crippen molar-refractivity contribution in [2.75, 3.05) is 51.4 Å². The van der Waals surface area contributed by atoms with E-state index < -0.39 is 10.0 Å². The first kappa shape index (κ1) is 23.8. The summed E-state index contributed by atoms with van der Waals surface area (Å²) in [7, 11) is 0.0119. The number of likely N-dealkylation sites (N-methyl/N-ethyl adjacent to an activating group) is 1. The third-order valence-corrected chi connectivity index (χ3v) is 6.68. The van der Waals surface area contributed by atoms with Crippen molar-refractivity contribution in [1.29, 1.82) is 0 Å². The van der Waals surface area contributed by atoms with Crippen molar-refractivity contribution in [1.82, 2.24) is 9.80 Å². The van der Waals surface area contributed by atoms with E-state index in [1.54, 1.807) is 37.3 Å². The van der Waals surface area contributed by atoms with Gasteiger partial charge in [-0.25, -0.2) is 8.42 Å². The van der Waals surface area contributed by atoms with Crippen molar-refractivity contribution in [2.45, 2.75) is 38.8 Å². The Hall–Kier alpha value is -1.84. The highest BCUT2D eigenvalue weighted by Crippen LogP contribution is 2.32. The van der Waals surface area contributed by atoms with E-state index in [1.165, 1.54) is 12.8 Å². The molecule has 0 bridgehead atoms. The summed E-state index contributed by atoms with van der Waals surface area (Å²) in [5.74, 6) is 1.19. The van der Waals surface area contributed by atoms with Crippen LogP contribution in [0.15, 0.2) is 18.2 Å². The third kappa shape index (κ3) is 6.57. The van der Waals surface area contributed by atoms with E-state index in [2.05, 4.69) is 23.5 Å². The molecule has 0 aromatic heterocycles. The van der Waals surface area contributed by atoms with Gasteiger partial charge in [-0.3, -0.25) is 14.4 Å². The highest BCUT2D eigenvalue weighted by Gasteiger charge is 2.31. The predicted octanol–water partition coefficient (Wildman–Crippen LogP) is 2.27. The maximum absolute atomic E-state index is 13.2. The van der Waals surface area contributed by atoms with Crippen LogP contribution in [0.25, 0.3) is 0 Å². The Morgan fingerprint density at radius 3 is 2.55 bits per heavy atom. The van der Waals surface area contributed by atoms with Crippen molar-refractivity contribution < 1.29 is 22.7 Å². The van der Waals surface area contributed by atoms with Gasteiger partial charge in [-0.15, -0.1) is 0 Å². The van der Waals surface area contributed by atoms with Crippen molar-refractivity contribution in [3.05, 3.63) is 23.8 Å². The van der Waals surface area contributed by atoms with Crippen LogP contribution in [0.2, 0.25) is 0 Å². The third-order valence-electron chi connectivity index (χ3n) is 6.07. The maximum Gasteiger partial charge on any atom is 0.257 e. The fourth-order valence-corrected chi connectivity index (χ4v) is 4.57. The Morgan fingerprint density at radius 2 is 1.94 bits per heavy atom. The minimum Gasteiger partial charge on any atom is -0.491 e. The highest BCUT2D eigenvalue weighted by atomic mass is 32.2. The Balaban J connectivity index is 1.93. The van der Waals surface area contributed by atoms with Crippen LogP contribution in [0.1, 0.15) is 37.0 Å². The van der Waals surface area contributed by atoms with Gasteiger partial charge in [0, 0.05) is 45.9 Å². The van der Waals surface area contributed by atoms with Crippen molar-refractivity contribution in [3.8, 4) is 5.75 Å². The Morgan fingerprint density at radius 1 is 1.23 bits per heavy atom. The van der Waals surface area contributed by atoms with Crippen LogP contribution < -0.4 is 9.46 Å². The zero-order valence-electron chi connectivity index (χ0n) is 19.1. The number of rotatable bonds is 5. The molecule has 0 unspecified atom stereocenters. The highest BCUT2D eigenvalue weighted by molar-refractivity contribution is 7.92. The summed E-state index contributed by atoms with van der Waals surface area (Å²) in [4.78, 5) is 17.3. The second kappa shape index (κ2) is 9.75. The number of methoxy groups -OCH3 is 1. The molecule has 0 radical (unpaired) electrons. The maximum atomic E-state index is 13.2. The number of benzene rings is 1. The van der Waals surface area contributed by atoms with E-state index in [9.17, 15) is 13.2 Å². The summed E-state index contributed by atoms with van der Waals surface area (Å²) in [6, 6.07) is 4.93. The first-order chi connectivity index (χ1) is 14.6. The lowest BCUT2D eigenvalue weighted by molar-refractivity contribution is 0.00994. The summed E-state index contributed by atoms with van der Waals surface area (Å²) in [6.45, 7) is 7.07. The number of nitrogens with zero attached hydrogens (tertiary/aromatic N) is 2. The molecule has 1 saturated carbocycles. The molecule has 0 spiro atoms. The summed E-state index contributed by atoms with van der Waals surface area (Å²) >= 11 is 0. The van der Waals surface area contributed by atoms with Crippen LogP contribution in [0, 0.1) is 11.8 Å². The predicted molar refractivity (Wildman–Crippen MR) is 121 cm³/mol. The molecule has 1 aromatic carbocycles. The number of amides is 1. The molecule has 1 fully saturated rings. The Kier molecular flexibility index (Phi) is 7.49. The SMILES string of the molecule is CO[C@H]1CN(C)C(=O)c2ccc(NS(C)(=O)=O)cc2OC[C@H](C)N(CC2CC2)C[C@@H]1C. The molecule has 1 N–H and O–H groups in total. The molecule has 174 valence electrons. The monoisotopic (exact) mass is 453 g/mol. The molecule has 31 heavy (non-hydrogen) atoms. The topological polar surface area (TPSA) is 88.2 Å². The standard InChI is InChI=1S/C22H35N3O5S/c1-15-11-25(12-17-6-7-17)16(2)14-30-20-10-18(23-31(5,27)28)8-9-19(20)22(26)24(3)13-21(15)29-4/h8-10,15-17,21,23H,6-7,11-14H2,1-5H3/t15-,16-,21-/m0/s1. The number of hydrogen-bond acceptors (Lipinski definition) is 6. The summed E-state index contributed by atoms with van der Waals surface area (Å²) in [5.41, 5.74) is 0.778. The summed E-state index contributed by atoms with van der Waals surface area (Å²) < 4.78 is 37.6. The zero-order valence-corrected chi connectivity index (χ0v) is 19.9. The number of ether oxygens (including phenoxy) is 2. The van der Waals surface area contributed by atoms with Crippen LogP contribution in [0.3, 0.4) is 0 Å². The van der Waals surface area contributed by atoms with E-state index in [0.717, 1.165) is 25.3 Å². The van der Waals surface area contributed by atoms with Crippen molar-refractivity contribution >= 4 is 21.6 Å². The minimum absolute atomic E-state index is 0.0853. The molecule has 8 nitrogen and oxygen atoms in total. The first-order valence-electron chi connectivity index (χ1n) is 10.8. The van der Waals surface area contributed by atoms with Gasteiger partial charge in [-0.1, -0.05) is 6.92 Å². The van der Waals surface area contributed by atoms with Crippen LogP contribution in [0.4, 0.5) is 5.69 Å². The lowest BCUT2D eigenvalue weighted by Crippen LogP contribution is -2.47. The minimum atomic E-state index is -3.44. The molecular formula is C22H35N3O5S. The van der Waals surface area contributed by atoms with E-state index in [1.807, 2.05) is 0 Å². The summed E-state index contributed by atoms with van der Waals surface area (Å²) in [5, 5.41) is 0. The van der Waals surface area contributed by atoms with Gasteiger partial charge in [0.2, 0.25) is 10.0 Å². The fourth-order valence-electron chi connectivity index (χ4n) is 4.01. The molecule has 1 amide bonds. The molecule has 1 aliphatic heterocycles. The van der Waals surface area contributed by atoms with E-state index in [-0.39, 0.29) is 24.0 Å². The van der Waals surface area contributed by atoms with Crippen molar-refractivity contribution in [2.24, 2.45) is 11.8 Å². The quantitative estimate of drug-likeness (QED) is 0.736. The van der Waals surface area contributed by atoms with Gasteiger partial charge in [-0.05, 0) is 43.7 Å². The second-order valence-corrected chi connectivity index (χ2v) is 10.8. The van der Waals surface area contributed by atoms with E-state index in [4.69, 9.17) is 9.47 Å². The first-order valence-corrected chi connectivity index (χ1v) is 12.7. The van der Waals surface area contributed by atoms with Gasteiger partial charge in [-0.2, -0.15) is 0 Å². The van der Waals surface area contributed by atoms with E-state index >= 15 is 0 Å². The van der Waals surface area contributed by atoms with Gasteiger partial charge >= 0.3 is 0 Å². The van der Waals surface area contributed by atoms with Crippen LogP contribution in [-0.4, -0.2) is 82.9 Å². The number of fused-ring (bicyclic) bond motifs is 1. The lowest BCUT2D eigenvalue weighted by Gasteiger charge is -2.36. The molecule has 0 saturated heterocycles. The van der Waals surface area contributed by atoms with Crippen LogP contribution in [0.5, 0.6) is 5.75 Å². The Bertz CT molecular complexity index is 887. The molecular weight excluding hydrogens is 418 g/mol. The number of hydrogen-bond donors (Lipinski definition) is 1. The average Bonchev–Trinajstić information content (AvgIpc) is 3.51. The molecule has 1 heterocycles. The number of carbonyl (C=O) groups is 1. The molecule has 2 aliphatic rings. The second-order valence-electron chi connectivity index (χ2n) is 9.08.